The van der Waals surface area contributed by atoms with Gasteiger partial charge in [0.15, 0.2) is 0 Å². The second-order valence-corrected chi connectivity index (χ2v) is 12.5. The number of imidazole rings is 4. The fraction of sp³-hybridized carbons (Fsp3) is 0. The zero-order valence-corrected chi connectivity index (χ0v) is 26.2. The van der Waals surface area contributed by atoms with E-state index in [1.54, 1.807) is 0 Å². The highest BCUT2D eigenvalue weighted by Gasteiger charge is 2.20. The Morgan fingerprint density at radius 1 is 0.449 bits per heavy atom. The number of hydrogen-bond acceptors (Lipinski definition) is 2. The fourth-order valence-corrected chi connectivity index (χ4v) is 7.70. The molecule has 7 nitrogen and oxygen atoms in total. The number of fused-ring (bicyclic) bond motifs is 9. The van der Waals surface area contributed by atoms with Gasteiger partial charge in [-0.1, -0.05) is 84.9 Å². The normalized spacial score (nSPS) is 12.1. The van der Waals surface area contributed by atoms with Crippen molar-refractivity contribution in [2.24, 2.45) is 0 Å². The first-order chi connectivity index (χ1) is 24.3. The summed E-state index contributed by atoms with van der Waals surface area (Å²) in [5.41, 5.74) is 12.0. The molecule has 11 rings (SSSR count). The van der Waals surface area contributed by atoms with Crippen LogP contribution in [0.1, 0.15) is 0 Å². The van der Waals surface area contributed by atoms with Crippen LogP contribution in [0.4, 0.5) is 0 Å². The highest BCUT2D eigenvalue weighted by molar-refractivity contribution is 6.10. The molecule has 230 valence electrons. The largest absolute Gasteiger partial charge is 0.309 e. The molecular weight excluding hydrogens is 603 g/mol. The third-order valence-corrected chi connectivity index (χ3v) is 9.79. The topological polar surface area (TPSA) is 49.4 Å². The Morgan fingerprint density at radius 3 is 2.02 bits per heavy atom. The molecule has 5 heterocycles. The van der Waals surface area contributed by atoms with E-state index in [-0.39, 0.29) is 0 Å². The molecule has 0 radical (unpaired) electrons. The Balaban J connectivity index is 1.17. The Kier molecular flexibility index (Phi) is 5.26. The number of hydrogen-bond donors (Lipinski definition) is 0. The van der Waals surface area contributed by atoms with Gasteiger partial charge < -0.3 is 4.57 Å². The van der Waals surface area contributed by atoms with Crippen LogP contribution in [0.15, 0.2) is 164 Å². The summed E-state index contributed by atoms with van der Waals surface area (Å²) < 4.78 is 11.3. The molecule has 0 atom stereocenters. The molecule has 0 aliphatic rings. The molecule has 11 aromatic rings. The standard InChI is InChI=1S/C42H27N7/c1-2-11-28(12-3-1)40-27-45-24-23-43-41(45)48(40)30-14-10-13-29(25-30)46-35-17-6-4-15-32(35)33-22-21-31(26-39(33)46)47-37-19-8-9-20-38(37)49-36-18-7-5-16-34(36)44-42(47)49/h1-27H. The van der Waals surface area contributed by atoms with Gasteiger partial charge in [-0.25, -0.2) is 9.97 Å². The van der Waals surface area contributed by atoms with E-state index >= 15 is 0 Å². The average molecular weight is 630 g/mol. The van der Waals surface area contributed by atoms with Crippen molar-refractivity contribution < 1.29 is 0 Å². The average Bonchev–Trinajstić information content (AvgIpc) is 3.96. The minimum atomic E-state index is 0.871. The van der Waals surface area contributed by atoms with E-state index in [9.17, 15) is 0 Å². The van der Waals surface area contributed by atoms with Crippen LogP contribution in [-0.2, 0) is 0 Å². The molecule has 0 bridgehead atoms. The van der Waals surface area contributed by atoms with Crippen LogP contribution in [0, 0.1) is 0 Å². The maximum atomic E-state index is 5.13. The summed E-state index contributed by atoms with van der Waals surface area (Å²) in [5.74, 6) is 1.77. The molecule has 0 spiro atoms. The monoisotopic (exact) mass is 629 g/mol. The van der Waals surface area contributed by atoms with E-state index in [0.29, 0.717) is 0 Å². The Labute approximate surface area is 279 Å². The van der Waals surface area contributed by atoms with Gasteiger partial charge in [-0.15, -0.1) is 0 Å². The predicted molar refractivity (Wildman–Crippen MR) is 197 cm³/mol. The minimum Gasteiger partial charge on any atom is -0.309 e. The lowest BCUT2D eigenvalue weighted by atomic mass is 10.1. The van der Waals surface area contributed by atoms with Crippen LogP contribution in [0.3, 0.4) is 0 Å². The van der Waals surface area contributed by atoms with Crippen LogP contribution in [0.25, 0.3) is 83.7 Å². The molecule has 6 aromatic carbocycles. The Hall–Kier alpha value is -6.86. The van der Waals surface area contributed by atoms with Crippen molar-refractivity contribution >= 4 is 55.4 Å². The summed E-state index contributed by atoms with van der Waals surface area (Å²) in [7, 11) is 0. The molecule has 0 fully saturated rings. The molecule has 49 heavy (non-hydrogen) atoms. The molecule has 0 aliphatic carbocycles. The fourth-order valence-electron chi connectivity index (χ4n) is 7.70. The van der Waals surface area contributed by atoms with Crippen LogP contribution >= 0.6 is 0 Å². The van der Waals surface area contributed by atoms with Crippen molar-refractivity contribution in [2.75, 3.05) is 0 Å². The molecule has 5 aromatic heterocycles. The van der Waals surface area contributed by atoms with Crippen molar-refractivity contribution in [2.45, 2.75) is 0 Å². The quantitative estimate of drug-likeness (QED) is 0.195. The van der Waals surface area contributed by atoms with Gasteiger partial charge in [-0.05, 0) is 60.7 Å². The van der Waals surface area contributed by atoms with Gasteiger partial charge >= 0.3 is 0 Å². The SMILES string of the molecule is c1ccc(-c2cn3ccnc3n2-c2cccc(-n3c4ccccc4c4ccc(-n5c6ccccc6n6c7ccccc7nc56)cc43)c2)cc1. The summed E-state index contributed by atoms with van der Waals surface area (Å²) in [6.45, 7) is 0. The second-order valence-electron chi connectivity index (χ2n) is 12.5. The first kappa shape index (κ1) is 26.2. The highest BCUT2D eigenvalue weighted by Crippen LogP contribution is 2.36. The molecule has 7 heteroatoms. The molecule has 0 aliphatic heterocycles. The van der Waals surface area contributed by atoms with E-state index in [2.05, 4.69) is 168 Å². The summed E-state index contributed by atoms with van der Waals surface area (Å²) in [4.78, 5) is 9.88. The van der Waals surface area contributed by atoms with Gasteiger partial charge in [-0.3, -0.25) is 17.9 Å². The highest BCUT2D eigenvalue weighted by atomic mass is 15.2. The number of benzene rings is 6. The molecule has 0 unspecified atom stereocenters. The second kappa shape index (κ2) is 9.82. The number of para-hydroxylation sites is 5. The predicted octanol–water partition coefficient (Wildman–Crippen LogP) is 9.63. The van der Waals surface area contributed by atoms with Gasteiger partial charge in [0.25, 0.3) is 0 Å². The third kappa shape index (κ3) is 3.66. The van der Waals surface area contributed by atoms with Crippen LogP contribution in [0.5, 0.6) is 0 Å². The lowest BCUT2D eigenvalue weighted by molar-refractivity contribution is 1.06. The van der Waals surface area contributed by atoms with Gasteiger partial charge in [0.05, 0.1) is 50.2 Å². The lowest BCUT2D eigenvalue weighted by Gasteiger charge is -2.14. The zero-order valence-electron chi connectivity index (χ0n) is 26.2. The first-order valence-electron chi connectivity index (χ1n) is 16.4. The molecular formula is C42H27N7. The summed E-state index contributed by atoms with van der Waals surface area (Å²) in [5, 5.41) is 2.41. The first-order valence-corrected chi connectivity index (χ1v) is 16.4. The maximum absolute atomic E-state index is 5.13. The number of aromatic nitrogens is 7. The van der Waals surface area contributed by atoms with Crippen molar-refractivity contribution in [1.29, 1.82) is 0 Å². The summed E-state index contributed by atoms with van der Waals surface area (Å²) in [6, 6.07) is 51.6. The molecule has 0 N–H and O–H groups in total. The minimum absolute atomic E-state index is 0.871. The van der Waals surface area contributed by atoms with E-state index in [1.807, 2.05) is 18.5 Å². The summed E-state index contributed by atoms with van der Waals surface area (Å²) >= 11 is 0. The molecule has 0 saturated carbocycles. The van der Waals surface area contributed by atoms with Gasteiger partial charge in [-0.2, -0.15) is 0 Å². The number of rotatable bonds is 4. The molecule has 0 saturated heterocycles. The maximum Gasteiger partial charge on any atom is 0.220 e. The number of nitrogens with zero attached hydrogens (tertiary/aromatic N) is 7. The van der Waals surface area contributed by atoms with E-state index in [4.69, 9.17) is 9.97 Å². The Morgan fingerprint density at radius 2 is 1.14 bits per heavy atom. The smallest absolute Gasteiger partial charge is 0.220 e. The molecule has 0 amide bonds. The van der Waals surface area contributed by atoms with Crippen molar-refractivity contribution in [1.82, 2.24) is 32.5 Å². The van der Waals surface area contributed by atoms with Crippen molar-refractivity contribution in [3.8, 4) is 28.3 Å². The van der Waals surface area contributed by atoms with E-state index < -0.39 is 0 Å². The van der Waals surface area contributed by atoms with Gasteiger partial charge in [0.1, 0.15) is 0 Å². The van der Waals surface area contributed by atoms with Crippen LogP contribution in [-0.4, -0.2) is 32.5 Å². The Bertz CT molecular complexity index is 3060. The van der Waals surface area contributed by atoms with Gasteiger partial charge in [0.2, 0.25) is 11.6 Å². The zero-order chi connectivity index (χ0) is 32.1. The van der Waals surface area contributed by atoms with Crippen molar-refractivity contribution in [3.05, 3.63) is 164 Å². The van der Waals surface area contributed by atoms with Gasteiger partial charge in [0, 0.05) is 40.6 Å². The van der Waals surface area contributed by atoms with Crippen LogP contribution in [0.2, 0.25) is 0 Å². The van der Waals surface area contributed by atoms with E-state index in [1.165, 1.54) is 10.8 Å². The van der Waals surface area contributed by atoms with E-state index in [0.717, 1.165) is 73.0 Å². The lowest BCUT2D eigenvalue weighted by Crippen LogP contribution is -2.01. The third-order valence-electron chi connectivity index (χ3n) is 9.79. The van der Waals surface area contributed by atoms with Crippen LogP contribution < -0.4 is 0 Å². The summed E-state index contributed by atoms with van der Waals surface area (Å²) in [6.07, 6.45) is 6.00. The van der Waals surface area contributed by atoms with Crippen molar-refractivity contribution in [3.63, 3.8) is 0 Å².